The van der Waals surface area contributed by atoms with E-state index in [1.165, 1.54) is 10.8 Å². The van der Waals surface area contributed by atoms with Crippen LogP contribution in [-0.2, 0) is 14.3 Å². The van der Waals surface area contributed by atoms with E-state index in [0.717, 1.165) is 0 Å². The summed E-state index contributed by atoms with van der Waals surface area (Å²) in [4.78, 5) is 24.8. The largest absolute Gasteiger partial charge is 0.497 e. The standard InChI is InChI=1S/C18H22N2O5/c1-4-24-17(18(22)25-5-2)20-11-7-10-15(16(20)21)19-13-8-6-9-14(12-13)23-3/h6-12,17,19H,4-5H2,1-3H3. The van der Waals surface area contributed by atoms with E-state index in [9.17, 15) is 9.59 Å². The normalized spacial score (nSPS) is 11.6. The molecule has 0 aliphatic carbocycles. The van der Waals surface area contributed by atoms with Crippen molar-refractivity contribution in [3.05, 3.63) is 52.9 Å². The predicted octanol–water partition coefficient (Wildman–Crippen LogP) is 2.70. The minimum Gasteiger partial charge on any atom is -0.497 e. The Labute approximate surface area is 146 Å². The molecule has 0 amide bonds. The van der Waals surface area contributed by atoms with Crippen molar-refractivity contribution in [3.63, 3.8) is 0 Å². The Morgan fingerprint density at radius 3 is 2.68 bits per heavy atom. The first-order chi connectivity index (χ1) is 12.1. The van der Waals surface area contributed by atoms with E-state index < -0.39 is 17.8 Å². The summed E-state index contributed by atoms with van der Waals surface area (Å²) in [7, 11) is 1.57. The summed E-state index contributed by atoms with van der Waals surface area (Å²) < 4.78 is 16.8. The minimum absolute atomic E-state index is 0.207. The zero-order valence-electron chi connectivity index (χ0n) is 14.5. The van der Waals surface area contributed by atoms with E-state index in [1.54, 1.807) is 45.2 Å². The van der Waals surface area contributed by atoms with E-state index in [1.807, 2.05) is 12.1 Å². The molecule has 0 bridgehead atoms. The summed E-state index contributed by atoms with van der Waals surface area (Å²) in [6, 6.07) is 10.5. The van der Waals surface area contributed by atoms with Gasteiger partial charge in [0.15, 0.2) is 0 Å². The number of hydrogen-bond acceptors (Lipinski definition) is 6. The van der Waals surface area contributed by atoms with Gasteiger partial charge in [0.05, 0.1) is 13.7 Å². The first kappa shape index (κ1) is 18.5. The van der Waals surface area contributed by atoms with Gasteiger partial charge >= 0.3 is 5.97 Å². The molecule has 2 rings (SSSR count). The maximum Gasteiger partial charge on any atom is 0.357 e. The number of benzene rings is 1. The summed E-state index contributed by atoms with van der Waals surface area (Å²) in [6.07, 6.45) is 0.376. The Morgan fingerprint density at radius 2 is 2.00 bits per heavy atom. The minimum atomic E-state index is -1.12. The molecule has 1 N–H and O–H groups in total. The fraction of sp³-hybridized carbons (Fsp3) is 0.333. The fourth-order valence-electron chi connectivity index (χ4n) is 2.28. The lowest BCUT2D eigenvalue weighted by Gasteiger charge is -2.19. The van der Waals surface area contributed by atoms with Crippen molar-refractivity contribution in [1.29, 1.82) is 0 Å². The monoisotopic (exact) mass is 346 g/mol. The number of aromatic nitrogens is 1. The molecular weight excluding hydrogens is 324 g/mol. The molecule has 1 unspecified atom stereocenters. The number of pyridine rings is 1. The second-order valence-electron chi connectivity index (χ2n) is 5.05. The molecule has 0 radical (unpaired) electrons. The van der Waals surface area contributed by atoms with Gasteiger partial charge in [0, 0.05) is 24.6 Å². The molecule has 25 heavy (non-hydrogen) atoms. The Morgan fingerprint density at radius 1 is 1.20 bits per heavy atom. The van der Waals surface area contributed by atoms with Crippen molar-refractivity contribution in [2.75, 3.05) is 25.6 Å². The molecule has 134 valence electrons. The van der Waals surface area contributed by atoms with Crippen LogP contribution >= 0.6 is 0 Å². The molecule has 1 heterocycles. The molecule has 0 aliphatic heterocycles. The van der Waals surface area contributed by atoms with Crippen LogP contribution in [0.15, 0.2) is 47.4 Å². The summed E-state index contributed by atoms with van der Waals surface area (Å²) >= 11 is 0. The molecule has 2 aromatic rings. The van der Waals surface area contributed by atoms with E-state index in [0.29, 0.717) is 17.1 Å². The number of esters is 1. The van der Waals surface area contributed by atoms with E-state index in [2.05, 4.69) is 5.32 Å². The van der Waals surface area contributed by atoms with Gasteiger partial charge in [0.1, 0.15) is 11.4 Å². The fourth-order valence-corrected chi connectivity index (χ4v) is 2.28. The highest BCUT2D eigenvalue weighted by Crippen LogP contribution is 2.20. The second kappa shape index (κ2) is 8.89. The molecule has 0 fully saturated rings. The number of carbonyl (C=O) groups is 1. The summed E-state index contributed by atoms with van der Waals surface area (Å²) in [5.41, 5.74) is 0.611. The lowest BCUT2D eigenvalue weighted by Crippen LogP contribution is -2.33. The van der Waals surface area contributed by atoms with Crippen LogP contribution in [0.2, 0.25) is 0 Å². The first-order valence-corrected chi connectivity index (χ1v) is 8.01. The van der Waals surface area contributed by atoms with Crippen molar-refractivity contribution in [3.8, 4) is 5.75 Å². The number of hydrogen-bond donors (Lipinski definition) is 1. The summed E-state index contributed by atoms with van der Waals surface area (Å²) in [6.45, 7) is 3.92. The van der Waals surface area contributed by atoms with Crippen molar-refractivity contribution in [1.82, 2.24) is 4.57 Å². The Kier molecular flexibility index (Phi) is 6.59. The third-order valence-corrected chi connectivity index (χ3v) is 3.39. The Balaban J connectivity index is 2.34. The highest BCUT2D eigenvalue weighted by Gasteiger charge is 2.23. The topological polar surface area (TPSA) is 78.8 Å². The van der Waals surface area contributed by atoms with Crippen LogP contribution in [0.25, 0.3) is 0 Å². The number of methoxy groups -OCH3 is 1. The van der Waals surface area contributed by atoms with Gasteiger partial charge in [-0.05, 0) is 38.1 Å². The lowest BCUT2D eigenvalue weighted by molar-refractivity contribution is -0.163. The van der Waals surface area contributed by atoms with E-state index in [4.69, 9.17) is 14.2 Å². The predicted molar refractivity (Wildman–Crippen MR) is 94.3 cm³/mol. The molecule has 0 saturated heterocycles. The lowest BCUT2D eigenvalue weighted by atomic mass is 10.3. The smallest absolute Gasteiger partial charge is 0.357 e. The molecule has 1 aromatic heterocycles. The second-order valence-corrected chi connectivity index (χ2v) is 5.05. The molecule has 1 atom stereocenters. The van der Waals surface area contributed by atoms with Gasteiger partial charge in [-0.3, -0.25) is 9.36 Å². The van der Waals surface area contributed by atoms with Gasteiger partial charge in [-0.25, -0.2) is 4.79 Å². The van der Waals surface area contributed by atoms with Crippen molar-refractivity contribution in [2.24, 2.45) is 0 Å². The number of anilines is 2. The van der Waals surface area contributed by atoms with Crippen LogP contribution in [0.1, 0.15) is 20.1 Å². The maximum absolute atomic E-state index is 12.7. The molecule has 0 aliphatic rings. The van der Waals surface area contributed by atoms with Crippen LogP contribution in [0.3, 0.4) is 0 Å². The number of nitrogens with zero attached hydrogens (tertiary/aromatic N) is 1. The summed E-state index contributed by atoms with van der Waals surface area (Å²) in [5, 5.41) is 3.03. The average molecular weight is 346 g/mol. The number of nitrogens with one attached hydrogen (secondary N) is 1. The first-order valence-electron chi connectivity index (χ1n) is 8.01. The highest BCUT2D eigenvalue weighted by atomic mass is 16.6. The van der Waals surface area contributed by atoms with Gasteiger partial charge in [-0.2, -0.15) is 0 Å². The van der Waals surface area contributed by atoms with Crippen molar-refractivity contribution in [2.45, 2.75) is 20.1 Å². The molecular formula is C18H22N2O5. The van der Waals surface area contributed by atoms with Gasteiger partial charge in [-0.1, -0.05) is 6.07 Å². The maximum atomic E-state index is 12.7. The molecule has 7 nitrogen and oxygen atoms in total. The zero-order valence-corrected chi connectivity index (χ0v) is 14.5. The molecule has 1 aromatic carbocycles. The van der Waals surface area contributed by atoms with Gasteiger partial charge in [-0.15, -0.1) is 0 Å². The van der Waals surface area contributed by atoms with Gasteiger partial charge in [0.2, 0.25) is 6.23 Å². The van der Waals surface area contributed by atoms with Crippen LogP contribution in [0.5, 0.6) is 5.75 Å². The highest BCUT2D eigenvalue weighted by molar-refractivity contribution is 5.73. The van der Waals surface area contributed by atoms with E-state index in [-0.39, 0.29) is 13.2 Å². The molecule has 7 heteroatoms. The van der Waals surface area contributed by atoms with E-state index >= 15 is 0 Å². The number of rotatable bonds is 8. The third kappa shape index (κ3) is 4.60. The van der Waals surface area contributed by atoms with Crippen LogP contribution in [-0.4, -0.2) is 30.9 Å². The quantitative estimate of drug-likeness (QED) is 0.741. The molecule has 0 saturated carbocycles. The Hall–Kier alpha value is -2.80. The van der Waals surface area contributed by atoms with Crippen molar-refractivity contribution < 1.29 is 19.0 Å². The van der Waals surface area contributed by atoms with Crippen LogP contribution in [0.4, 0.5) is 11.4 Å². The molecule has 0 spiro atoms. The number of carbonyl (C=O) groups excluding carboxylic acids is 1. The third-order valence-electron chi connectivity index (χ3n) is 3.39. The Bertz CT molecular complexity index is 772. The zero-order chi connectivity index (χ0) is 18.2. The van der Waals surface area contributed by atoms with Crippen LogP contribution < -0.4 is 15.6 Å². The SMILES string of the molecule is CCOC(=O)C(OCC)n1cccc(Nc2cccc(OC)c2)c1=O. The number of ether oxygens (including phenoxy) is 3. The van der Waals surface area contributed by atoms with Gasteiger partial charge < -0.3 is 19.5 Å². The summed E-state index contributed by atoms with van der Waals surface area (Å²) in [5.74, 6) is 0.0601. The van der Waals surface area contributed by atoms with Crippen LogP contribution in [0, 0.1) is 0 Å². The van der Waals surface area contributed by atoms with Crippen molar-refractivity contribution >= 4 is 17.3 Å². The average Bonchev–Trinajstić information content (AvgIpc) is 2.62. The van der Waals surface area contributed by atoms with Gasteiger partial charge in [0.25, 0.3) is 5.56 Å².